The van der Waals surface area contributed by atoms with Gasteiger partial charge in [-0.15, -0.1) is 0 Å². The van der Waals surface area contributed by atoms with Gasteiger partial charge in [0.25, 0.3) is 17.2 Å². The molecule has 4 N–H and O–H groups in total. The zero-order valence-corrected chi connectivity index (χ0v) is 11.7. The van der Waals surface area contributed by atoms with Gasteiger partial charge in [0.05, 0.1) is 6.04 Å². The van der Waals surface area contributed by atoms with Gasteiger partial charge in [-0.25, -0.2) is 14.9 Å². The standard InChI is InChI=1S/C11H12N8O3/c1-4(7-15-11(22)17-16-7)13-8(20)6-3-12-10-14-5(2)18-19(10)9(6)21/h3-4H,1-2H3,(H,13,20)(H,12,14,18)(H2,15,16,17,22). The summed E-state index contributed by atoms with van der Waals surface area (Å²) in [6.07, 6.45) is 1.16. The van der Waals surface area contributed by atoms with Gasteiger partial charge in [-0.3, -0.25) is 19.7 Å². The van der Waals surface area contributed by atoms with Crippen molar-refractivity contribution in [2.24, 2.45) is 0 Å². The van der Waals surface area contributed by atoms with Crippen molar-refractivity contribution in [3.05, 3.63) is 44.2 Å². The number of hydrogen-bond donors (Lipinski definition) is 4. The Kier molecular flexibility index (Phi) is 3.09. The summed E-state index contributed by atoms with van der Waals surface area (Å²) in [5, 5.41) is 11.2. The smallest absolute Gasteiger partial charge is 0.340 e. The van der Waals surface area contributed by atoms with Crippen LogP contribution < -0.4 is 16.6 Å². The van der Waals surface area contributed by atoms with Gasteiger partial charge in [0.1, 0.15) is 11.4 Å². The Morgan fingerprint density at radius 3 is 2.86 bits per heavy atom. The van der Waals surface area contributed by atoms with Crippen LogP contribution in [0.4, 0.5) is 0 Å². The molecule has 22 heavy (non-hydrogen) atoms. The largest absolute Gasteiger partial charge is 0.342 e. The minimum Gasteiger partial charge on any atom is -0.342 e. The van der Waals surface area contributed by atoms with Gasteiger partial charge >= 0.3 is 5.69 Å². The molecule has 0 aliphatic carbocycles. The lowest BCUT2D eigenvalue weighted by molar-refractivity contribution is 0.0936. The van der Waals surface area contributed by atoms with E-state index in [1.807, 2.05) is 0 Å². The fraction of sp³-hybridized carbons (Fsp3) is 0.273. The molecule has 114 valence electrons. The summed E-state index contributed by atoms with van der Waals surface area (Å²) in [6, 6.07) is -0.588. The van der Waals surface area contributed by atoms with Crippen LogP contribution in [0.15, 0.2) is 15.8 Å². The summed E-state index contributed by atoms with van der Waals surface area (Å²) in [6.45, 7) is 3.29. The molecule has 0 saturated carbocycles. The summed E-state index contributed by atoms with van der Waals surface area (Å²) >= 11 is 0. The number of carbonyl (C=O) groups is 1. The first-order chi connectivity index (χ1) is 10.5. The highest BCUT2D eigenvalue weighted by Crippen LogP contribution is 2.04. The Hall–Kier alpha value is -3.24. The lowest BCUT2D eigenvalue weighted by Gasteiger charge is -2.10. The summed E-state index contributed by atoms with van der Waals surface area (Å²) in [7, 11) is 0. The van der Waals surface area contributed by atoms with Gasteiger partial charge in [0.15, 0.2) is 5.82 Å². The third-order valence-electron chi connectivity index (χ3n) is 3.01. The molecule has 0 radical (unpaired) electrons. The van der Waals surface area contributed by atoms with E-state index in [9.17, 15) is 14.4 Å². The molecule has 0 bridgehead atoms. The molecule has 3 heterocycles. The van der Waals surface area contributed by atoms with Crippen molar-refractivity contribution in [2.75, 3.05) is 0 Å². The van der Waals surface area contributed by atoms with E-state index in [4.69, 9.17) is 0 Å². The molecule has 11 heteroatoms. The maximum absolute atomic E-state index is 12.2. The number of hydrogen-bond acceptors (Lipinski definition) is 6. The fourth-order valence-electron chi connectivity index (χ4n) is 1.95. The second kappa shape index (κ2) is 4.95. The molecule has 0 fully saturated rings. The molecular weight excluding hydrogens is 292 g/mol. The summed E-state index contributed by atoms with van der Waals surface area (Å²) in [4.78, 5) is 45.8. The third kappa shape index (κ3) is 2.28. The van der Waals surface area contributed by atoms with Crippen molar-refractivity contribution in [3.63, 3.8) is 0 Å². The Morgan fingerprint density at radius 1 is 1.41 bits per heavy atom. The van der Waals surface area contributed by atoms with Crippen LogP contribution in [-0.2, 0) is 0 Å². The van der Waals surface area contributed by atoms with Crippen LogP contribution in [0, 0.1) is 6.92 Å². The molecule has 3 aromatic rings. The van der Waals surface area contributed by atoms with Crippen molar-refractivity contribution >= 4 is 11.7 Å². The first-order valence-electron chi connectivity index (χ1n) is 6.35. The molecule has 0 spiro atoms. The molecule has 0 aromatic carbocycles. The van der Waals surface area contributed by atoms with Crippen LogP contribution >= 0.6 is 0 Å². The fourth-order valence-corrected chi connectivity index (χ4v) is 1.95. The predicted octanol–water partition coefficient (Wildman–Crippen LogP) is -1.37. The zero-order valence-electron chi connectivity index (χ0n) is 11.7. The first-order valence-corrected chi connectivity index (χ1v) is 6.35. The number of aromatic amines is 3. The normalized spacial score (nSPS) is 12.5. The van der Waals surface area contributed by atoms with Gasteiger partial charge in [-0.2, -0.15) is 14.6 Å². The maximum atomic E-state index is 12.2. The van der Waals surface area contributed by atoms with E-state index in [0.29, 0.717) is 5.82 Å². The SMILES string of the molecule is Cc1nc2ncc(C(=O)NC(C)c3n[nH]c(=O)[nH]3)c(=O)n2[nH]1. The van der Waals surface area contributed by atoms with Gasteiger partial charge in [0, 0.05) is 6.20 Å². The number of carbonyl (C=O) groups excluding carboxylic acids is 1. The Balaban J connectivity index is 1.90. The number of aryl methyl sites for hydroxylation is 1. The number of amides is 1. The van der Waals surface area contributed by atoms with Crippen molar-refractivity contribution in [1.29, 1.82) is 0 Å². The molecule has 0 saturated heterocycles. The topological polar surface area (TPSA) is 154 Å². The summed E-state index contributed by atoms with van der Waals surface area (Å²) in [5.41, 5.74) is -1.19. The number of fused-ring (bicyclic) bond motifs is 1. The Morgan fingerprint density at radius 2 is 2.18 bits per heavy atom. The van der Waals surface area contributed by atoms with E-state index in [-0.39, 0.29) is 17.2 Å². The van der Waals surface area contributed by atoms with E-state index >= 15 is 0 Å². The molecular formula is C11H12N8O3. The average Bonchev–Trinajstić information content (AvgIpc) is 3.04. The van der Waals surface area contributed by atoms with E-state index in [1.54, 1.807) is 13.8 Å². The second-order valence-electron chi connectivity index (χ2n) is 4.68. The van der Waals surface area contributed by atoms with Crippen molar-refractivity contribution < 1.29 is 4.79 Å². The second-order valence-corrected chi connectivity index (χ2v) is 4.68. The van der Waals surface area contributed by atoms with E-state index in [1.165, 1.54) is 0 Å². The Bertz CT molecular complexity index is 962. The van der Waals surface area contributed by atoms with Crippen LogP contribution in [0.3, 0.4) is 0 Å². The zero-order chi connectivity index (χ0) is 15.9. The maximum Gasteiger partial charge on any atom is 0.340 e. The molecule has 1 atom stereocenters. The van der Waals surface area contributed by atoms with Crippen LogP contribution in [0.5, 0.6) is 0 Å². The van der Waals surface area contributed by atoms with E-state index in [2.05, 4.69) is 35.6 Å². The average molecular weight is 304 g/mol. The molecule has 11 nitrogen and oxygen atoms in total. The molecule has 0 aliphatic rings. The summed E-state index contributed by atoms with van der Waals surface area (Å²) < 4.78 is 1.09. The monoisotopic (exact) mass is 304 g/mol. The molecule has 3 aromatic heterocycles. The number of aromatic nitrogens is 7. The van der Waals surface area contributed by atoms with Crippen molar-refractivity contribution in [3.8, 4) is 0 Å². The van der Waals surface area contributed by atoms with Gasteiger partial charge < -0.3 is 5.32 Å². The molecule has 1 unspecified atom stereocenters. The minimum atomic E-state index is -0.629. The van der Waals surface area contributed by atoms with Crippen LogP contribution in [-0.4, -0.2) is 40.7 Å². The lowest BCUT2D eigenvalue weighted by atomic mass is 10.2. The molecule has 3 rings (SSSR count). The van der Waals surface area contributed by atoms with Crippen LogP contribution in [0.2, 0.25) is 0 Å². The van der Waals surface area contributed by atoms with Crippen molar-refractivity contribution in [2.45, 2.75) is 19.9 Å². The lowest BCUT2D eigenvalue weighted by Crippen LogP contribution is -2.33. The number of nitrogens with one attached hydrogen (secondary N) is 4. The highest BCUT2D eigenvalue weighted by Gasteiger charge is 2.19. The Labute approximate surface area is 121 Å². The minimum absolute atomic E-state index is 0.147. The van der Waals surface area contributed by atoms with E-state index in [0.717, 1.165) is 10.7 Å². The van der Waals surface area contributed by atoms with Gasteiger partial charge in [-0.1, -0.05) is 0 Å². The molecule has 0 aliphatic heterocycles. The van der Waals surface area contributed by atoms with Gasteiger partial charge in [-0.05, 0) is 13.8 Å². The number of H-pyrrole nitrogens is 3. The quantitative estimate of drug-likeness (QED) is 0.468. The number of rotatable bonds is 3. The third-order valence-corrected chi connectivity index (χ3v) is 3.01. The summed E-state index contributed by atoms with van der Waals surface area (Å²) in [5.74, 6) is 0.314. The number of nitrogens with zero attached hydrogens (tertiary/aromatic N) is 4. The van der Waals surface area contributed by atoms with E-state index < -0.39 is 23.2 Å². The first kappa shape index (κ1) is 13.7. The van der Waals surface area contributed by atoms with Crippen LogP contribution in [0.1, 0.15) is 35.0 Å². The molecule has 1 amide bonds. The van der Waals surface area contributed by atoms with Crippen molar-refractivity contribution in [1.82, 2.24) is 40.1 Å². The van der Waals surface area contributed by atoms with Crippen LogP contribution in [0.25, 0.3) is 5.78 Å². The predicted molar refractivity (Wildman–Crippen MR) is 73.4 cm³/mol. The highest BCUT2D eigenvalue weighted by atomic mass is 16.2. The highest BCUT2D eigenvalue weighted by molar-refractivity contribution is 5.93. The van der Waals surface area contributed by atoms with Gasteiger partial charge in [0.2, 0.25) is 0 Å².